The Kier molecular flexibility index (Phi) is 5.97. The van der Waals surface area contributed by atoms with Crippen molar-refractivity contribution in [2.45, 2.75) is 11.6 Å². The second kappa shape index (κ2) is 8.85. The first-order chi connectivity index (χ1) is 15.4. The number of pyridine rings is 1. The predicted molar refractivity (Wildman–Crippen MR) is 118 cm³/mol. The number of aliphatic hydroxyl groups is 1. The Hall–Kier alpha value is -3.63. The largest absolute Gasteiger partial charge is 0.395 e. The van der Waals surface area contributed by atoms with Gasteiger partial charge in [-0.05, 0) is 17.7 Å². The number of carbonyl (C=O) groups excluding carboxylic acids is 1. The van der Waals surface area contributed by atoms with Gasteiger partial charge in [-0.1, -0.05) is 30.3 Å². The number of imidazole rings is 1. The lowest BCUT2D eigenvalue weighted by Crippen LogP contribution is -2.33. The van der Waals surface area contributed by atoms with E-state index in [1.807, 2.05) is 30.3 Å². The third-order valence-electron chi connectivity index (χ3n) is 4.91. The highest BCUT2D eigenvalue weighted by Gasteiger charge is 2.20. The van der Waals surface area contributed by atoms with Crippen LogP contribution in [0.3, 0.4) is 0 Å². The van der Waals surface area contributed by atoms with Crippen molar-refractivity contribution in [3.63, 3.8) is 0 Å². The van der Waals surface area contributed by atoms with Crippen molar-refractivity contribution < 1.29 is 18.3 Å². The molecule has 0 aliphatic carbocycles. The number of sulfone groups is 1. The lowest BCUT2D eigenvalue weighted by Gasteiger charge is -2.21. The lowest BCUT2D eigenvalue weighted by molar-refractivity contribution is 0.0701. The van der Waals surface area contributed by atoms with Crippen molar-refractivity contribution in [3.05, 3.63) is 78.5 Å². The Labute approximate surface area is 184 Å². The minimum atomic E-state index is -3.40. The van der Waals surface area contributed by atoms with Crippen LogP contribution in [0.15, 0.2) is 72.3 Å². The summed E-state index contributed by atoms with van der Waals surface area (Å²) in [6, 6.07) is 12.6. The molecule has 10 heteroatoms. The summed E-state index contributed by atoms with van der Waals surface area (Å²) in [6.07, 6.45) is 7.29. The van der Waals surface area contributed by atoms with Crippen LogP contribution in [-0.4, -0.2) is 63.1 Å². The van der Waals surface area contributed by atoms with E-state index in [9.17, 15) is 18.3 Å². The molecule has 0 fully saturated rings. The van der Waals surface area contributed by atoms with Crippen LogP contribution < -0.4 is 0 Å². The molecule has 4 aromatic rings. The number of hydrogen-bond acceptors (Lipinski definition) is 7. The summed E-state index contributed by atoms with van der Waals surface area (Å²) in [5, 5.41) is 9.45. The fourth-order valence-corrected chi connectivity index (χ4v) is 3.85. The third kappa shape index (κ3) is 4.51. The van der Waals surface area contributed by atoms with Crippen LogP contribution in [0, 0.1) is 0 Å². The van der Waals surface area contributed by atoms with E-state index in [4.69, 9.17) is 0 Å². The van der Waals surface area contributed by atoms with E-state index in [0.717, 1.165) is 11.8 Å². The first-order valence-electron chi connectivity index (χ1n) is 9.80. The van der Waals surface area contributed by atoms with Crippen LogP contribution in [0.4, 0.5) is 0 Å². The highest BCUT2D eigenvalue weighted by atomic mass is 32.2. The molecule has 0 spiro atoms. The molecule has 9 nitrogen and oxygen atoms in total. The Morgan fingerprint density at radius 2 is 1.72 bits per heavy atom. The van der Waals surface area contributed by atoms with E-state index in [2.05, 4.69) is 15.0 Å². The zero-order valence-electron chi connectivity index (χ0n) is 17.3. The van der Waals surface area contributed by atoms with Crippen LogP contribution in [0.2, 0.25) is 0 Å². The standard InChI is InChI=1S/C22H21N5O4S/c1-32(30,31)20-8-7-17(11-23-20)18-12-24-22-25-13-19(27(22)15-18)21(29)26(9-10-28)14-16-5-3-2-4-6-16/h2-8,11-13,15,28H,9-10,14H2,1H3. The summed E-state index contributed by atoms with van der Waals surface area (Å²) in [5.41, 5.74) is 2.54. The van der Waals surface area contributed by atoms with Crippen molar-refractivity contribution in [2.24, 2.45) is 0 Å². The average Bonchev–Trinajstić information content (AvgIpc) is 3.22. The SMILES string of the molecule is CS(=O)(=O)c1ccc(-c2cnc3ncc(C(=O)N(CCO)Cc4ccccc4)n3c2)cn1. The van der Waals surface area contributed by atoms with Gasteiger partial charge >= 0.3 is 0 Å². The summed E-state index contributed by atoms with van der Waals surface area (Å²) < 4.78 is 24.9. The molecule has 0 saturated heterocycles. The van der Waals surface area contributed by atoms with E-state index in [1.165, 1.54) is 18.5 Å². The van der Waals surface area contributed by atoms with Gasteiger partial charge < -0.3 is 10.0 Å². The molecule has 1 aromatic carbocycles. The lowest BCUT2D eigenvalue weighted by atomic mass is 10.1. The summed E-state index contributed by atoms with van der Waals surface area (Å²) in [5.74, 6) is 0.0568. The van der Waals surface area contributed by atoms with Crippen molar-refractivity contribution >= 4 is 21.5 Å². The van der Waals surface area contributed by atoms with Crippen molar-refractivity contribution in [1.29, 1.82) is 0 Å². The molecule has 0 bridgehead atoms. The van der Waals surface area contributed by atoms with Gasteiger partial charge in [-0.2, -0.15) is 0 Å². The molecule has 164 valence electrons. The normalized spacial score (nSPS) is 11.6. The van der Waals surface area contributed by atoms with E-state index < -0.39 is 9.84 Å². The summed E-state index contributed by atoms with van der Waals surface area (Å²) in [6.45, 7) is 0.347. The number of aromatic nitrogens is 4. The number of nitrogens with zero attached hydrogens (tertiary/aromatic N) is 5. The monoisotopic (exact) mass is 451 g/mol. The van der Waals surface area contributed by atoms with Gasteiger partial charge in [-0.15, -0.1) is 0 Å². The smallest absolute Gasteiger partial charge is 0.272 e. The van der Waals surface area contributed by atoms with Crippen LogP contribution in [0.1, 0.15) is 16.1 Å². The topological polar surface area (TPSA) is 118 Å². The van der Waals surface area contributed by atoms with Gasteiger partial charge in [-0.3, -0.25) is 9.20 Å². The molecule has 0 atom stereocenters. The van der Waals surface area contributed by atoms with Gasteiger partial charge in [0.25, 0.3) is 5.91 Å². The Morgan fingerprint density at radius 1 is 1.00 bits per heavy atom. The zero-order chi connectivity index (χ0) is 22.7. The second-order valence-electron chi connectivity index (χ2n) is 7.25. The minimum absolute atomic E-state index is 0.0191. The van der Waals surface area contributed by atoms with Crippen LogP contribution in [-0.2, 0) is 16.4 Å². The molecular weight excluding hydrogens is 430 g/mol. The number of carbonyl (C=O) groups is 1. The number of hydrogen-bond donors (Lipinski definition) is 1. The third-order valence-corrected chi connectivity index (χ3v) is 5.91. The number of fused-ring (bicyclic) bond motifs is 1. The first-order valence-corrected chi connectivity index (χ1v) is 11.7. The second-order valence-corrected chi connectivity index (χ2v) is 9.21. The summed E-state index contributed by atoms with van der Waals surface area (Å²) >= 11 is 0. The molecule has 32 heavy (non-hydrogen) atoms. The average molecular weight is 452 g/mol. The van der Waals surface area contributed by atoms with Crippen molar-refractivity contribution in [3.8, 4) is 11.1 Å². The van der Waals surface area contributed by atoms with Crippen LogP contribution in [0.5, 0.6) is 0 Å². The molecule has 0 aliphatic heterocycles. The van der Waals surface area contributed by atoms with Crippen LogP contribution in [0.25, 0.3) is 16.9 Å². The maximum absolute atomic E-state index is 13.3. The van der Waals surface area contributed by atoms with E-state index >= 15 is 0 Å². The number of aliphatic hydroxyl groups excluding tert-OH is 1. The summed E-state index contributed by atoms with van der Waals surface area (Å²) in [7, 11) is -3.40. The molecule has 0 saturated carbocycles. The number of benzene rings is 1. The van der Waals surface area contributed by atoms with Crippen molar-refractivity contribution in [2.75, 3.05) is 19.4 Å². The van der Waals surface area contributed by atoms with Gasteiger partial charge in [0.2, 0.25) is 5.78 Å². The van der Waals surface area contributed by atoms with E-state index in [-0.39, 0.29) is 24.1 Å². The minimum Gasteiger partial charge on any atom is -0.395 e. The molecule has 0 radical (unpaired) electrons. The van der Waals surface area contributed by atoms with E-state index in [1.54, 1.807) is 27.8 Å². The van der Waals surface area contributed by atoms with Gasteiger partial charge in [0.15, 0.2) is 14.9 Å². The predicted octanol–water partition coefficient (Wildman–Crippen LogP) is 1.83. The Balaban J connectivity index is 1.68. The maximum Gasteiger partial charge on any atom is 0.272 e. The molecule has 4 rings (SSSR count). The van der Waals surface area contributed by atoms with Crippen molar-refractivity contribution in [1.82, 2.24) is 24.3 Å². The molecule has 1 N–H and O–H groups in total. The Morgan fingerprint density at radius 3 is 2.38 bits per heavy atom. The van der Waals surface area contributed by atoms with Gasteiger partial charge in [0, 0.05) is 49.1 Å². The highest BCUT2D eigenvalue weighted by molar-refractivity contribution is 7.90. The fraction of sp³-hybridized carbons (Fsp3) is 0.182. The van der Waals surface area contributed by atoms with Crippen LogP contribution >= 0.6 is 0 Å². The quantitative estimate of drug-likeness (QED) is 0.455. The highest BCUT2D eigenvalue weighted by Crippen LogP contribution is 2.21. The zero-order valence-corrected chi connectivity index (χ0v) is 18.1. The number of amides is 1. The molecule has 1 amide bonds. The van der Waals surface area contributed by atoms with Gasteiger partial charge in [0.05, 0.1) is 12.8 Å². The number of rotatable bonds is 7. The molecule has 3 heterocycles. The maximum atomic E-state index is 13.3. The Bertz CT molecular complexity index is 1350. The first kappa shape index (κ1) is 21.6. The molecular formula is C22H21N5O4S. The molecule has 0 unspecified atom stereocenters. The van der Waals surface area contributed by atoms with Gasteiger partial charge in [0.1, 0.15) is 5.69 Å². The van der Waals surface area contributed by atoms with Gasteiger partial charge in [-0.25, -0.2) is 23.4 Å². The molecule has 3 aromatic heterocycles. The molecule has 0 aliphatic rings. The van der Waals surface area contributed by atoms with E-state index in [0.29, 0.717) is 29.1 Å². The fourth-order valence-electron chi connectivity index (χ4n) is 3.29. The summed E-state index contributed by atoms with van der Waals surface area (Å²) in [4.78, 5) is 27.3.